The van der Waals surface area contributed by atoms with E-state index in [4.69, 9.17) is 0 Å². The zero-order valence-electron chi connectivity index (χ0n) is 14.3. The fourth-order valence-electron chi connectivity index (χ4n) is 2.55. The zero-order chi connectivity index (χ0) is 18.5. The van der Waals surface area contributed by atoms with Crippen LogP contribution in [0.15, 0.2) is 84.5 Å². The third-order valence-electron chi connectivity index (χ3n) is 3.76. The Labute approximate surface area is 160 Å². The van der Waals surface area contributed by atoms with Crippen molar-refractivity contribution in [3.05, 3.63) is 79.4 Å². The predicted molar refractivity (Wildman–Crippen MR) is 104 cm³/mol. The Morgan fingerprint density at radius 2 is 1.70 bits per heavy atom. The van der Waals surface area contributed by atoms with Crippen molar-refractivity contribution in [3.63, 3.8) is 0 Å². The van der Waals surface area contributed by atoms with Gasteiger partial charge >= 0.3 is 0 Å². The number of aromatic nitrogens is 5. The third-order valence-corrected chi connectivity index (χ3v) is 4.68. The highest BCUT2D eigenvalue weighted by atomic mass is 32.2. The van der Waals surface area contributed by atoms with E-state index < -0.39 is 0 Å². The minimum atomic E-state index is -0.0984. The summed E-state index contributed by atoms with van der Waals surface area (Å²) < 4.78 is 3.75. The molecule has 3 heterocycles. The van der Waals surface area contributed by atoms with E-state index in [0.29, 0.717) is 11.0 Å². The molecule has 1 N–H and O–H groups in total. The molecule has 0 aliphatic rings. The number of thioether (sulfide) groups is 1. The minimum Gasteiger partial charge on any atom is -0.325 e. The van der Waals surface area contributed by atoms with Crippen molar-refractivity contribution < 1.29 is 4.79 Å². The van der Waals surface area contributed by atoms with Gasteiger partial charge in [-0.25, -0.2) is 4.68 Å². The largest absolute Gasteiger partial charge is 0.325 e. The van der Waals surface area contributed by atoms with E-state index in [1.807, 2.05) is 76.3 Å². The quantitative estimate of drug-likeness (QED) is 0.523. The van der Waals surface area contributed by atoms with Crippen molar-refractivity contribution in [2.45, 2.75) is 5.16 Å². The molecule has 0 radical (unpaired) electrons. The number of nitrogens with zero attached hydrogens (tertiary/aromatic N) is 5. The number of hydrogen-bond acceptors (Lipinski definition) is 5. The van der Waals surface area contributed by atoms with Crippen LogP contribution in [-0.4, -0.2) is 36.2 Å². The Morgan fingerprint density at radius 1 is 0.963 bits per heavy atom. The van der Waals surface area contributed by atoms with Gasteiger partial charge in [-0.05, 0) is 36.4 Å². The number of nitrogens with one attached hydrogen (secondary N) is 1. The molecule has 7 nitrogen and oxygen atoms in total. The lowest BCUT2D eigenvalue weighted by Gasteiger charge is -2.11. The average molecular weight is 376 g/mol. The van der Waals surface area contributed by atoms with Crippen molar-refractivity contribution in [2.75, 3.05) is 11.1 Å². The second-order valence-corrected chi connectivity index (χ2v) is 6.56. The molecule has 8 heteroatoms. The van der Waals surface area contributed by atoms with Crippen LogP contribution in [0.25, 0.3) is 11.4 Å². The van der Waals surface area contributed by atoms with Crippen molar-refractivity contribution in [2.24, 2.45) is 0 Å². The SMILES string of the molecule is O=C(CSc1nnc(-c2ccncc2)n1-n1cccc1)Nc1ccccc1. The van der Waals surface area contributed by atoms with Crippen LogP contribution in [0.3, 0.4) is 0 Å². The lowest BCUT2D eigenvalue weighted by molar-refractivity contribution is -0.113. The highest BCUT2D eigenvalue weighted by Crippen LogP contribution is 2.24. The molecular formula is C19H16N6OS. The predicted octanol–water partition coefficient (Wildman–Crippen LogP) is 3.18. The molecule has 1 aromatic carbocycles. The lowest BCUT2D eigenvalue weighted by Crippen LogP contribution is -2.15. The van der Waals surface area contributed by atoms with Crippen LogP contribution >= 0.6 is 11.8 Å². The Balaban J connectivity index is 1.56. The van der Waals surface area contributed by atoms with Crippen LogP contribution in [0.1, 0.15) is 0 Å². The van der Waals surface area contributed by atoms with Crippen molar-refractivity contribution >= 4 is 23.4 Å². The van der Waals surface area contributed by atoms with E-state index in [9.17, 15) is 4.79 Å². The van der Waals surface area contributed by atoms with Crippen LogP contribution in [-0.2, 0) is 4.79 Å². The third kappa shape index (κ3) is 3.90. The van der Waals surface area contributed by atoms with E-state index in [1.54, 1.807) is 12.4 Å². The maximum absolute atomic E-state index is 12.3. The summed E-state index contributed by atoms with van der Waals surface area (Å²) in [7, 11) is 0. The Bertz CT molecular complexity index is 1020. The maximum atomic E-state index is 12.3. The highest BCUT2D eigenvalue weighted by molar-refractivity contribution is 7.99. The first-order chi connectivity index (χ1) is 13.3. The summed E-state index contributed by atoms with van der Waals surface area (Å²) in [6.07, 6.45) is 7.23. The number of rotatable bonds is 6. The van der Waals surface area contributed by atoms with Crippen LogP contribution < -0.4 is 5.32 Å². The van der Waals surface area contributed by atoms with Gasteiger partial charge in [-0.2, -0.15) is 0 Å². The molecule has 0 fully saturated rings. The van der Waals surface area contributed by atoms with Gasteiger partial charge in [-0.3, -0.25) is 14.5 Å². The number of hydrogen-bond donors (Lipinski definition) is 1. The summed E-state index contributed by atoms with van der Waals surface area (Å²) in [5.74, 6) is 0.809. The first kappa shape index (κ1) is 17.0. The summed E-state index contributed by atoms with van der Waals surface area (Å²) >= 11 is 1.33. The molecule has 0 unspecified atom stereocenters. The molecule has 134 valence electrons. The summed E-state index contributed by atoms with van der Waals surface area (Å²) in [4.78, 5) is 16.3. The van der Waals surface area contributed by atoms with Crippen LogP contribution in [0, 0.1) is 0 Å². The van der Waals surface area contributed by atoms with Crippen LogP contribution in [0.2, 0.25) is 0 Å². The van der Waals surface area contributed by atoms with Gasteiger partial charge in [-0.1, -0.05) is 30.0 Å². The smallest absolute Gasteiger partial charge is 0.234 e. The Kier molecular flexibility index (Phi) is 4.97. The van der Waals surface area contributed by atoms with E-state index in [-0.39, 0.29) is 11.7 Å². The first-order valence-electron chi connectivity index (χ1n) is 8.28. The molecule has 0 aliphatic carbocycles. The molecule has 0 bridgehead atoms. The van der Waals surface area contributed by atoms with Gasteiger partial charge in [-0.15, -0.1) is 10.2 Å². The van der Waals surface area contributed by atoms with Crippen molar-refractivity contribution in [1.82, 2.24) is 24.5 Å². The van der Waals surface area contributed by atoms with E-state index in [2.05, 4.69) is 20.5 Å². The van der Waals surface area contributed by atoms with Gasteiger partial charge in [0.2, 0.25) is 11.1 Å². The molecule has 0 atom stereocenters. The molecule has 0 spiro atoms. The van der Waals surface area contributed by atoms with Gasteiger partial charge in [0.05, 0.1) is 5.75 Å². The molecule has 0 aliphatic heterocycles. The normalized spacial score (nSPS) is 10.7. The van der Waals surface area contributed by atoms with Gasteiger partial charge in [0.25, 0.3) is 0 Å². The molecule has 1 amide bonds. The second kappa shape index (κ2) is 7.88. The highest BCUT2D eigenvalue weighted by Gasteiger charge is 2.17. The summed E-state index contributed by atoms with van der Waals surface area (Å²) in [6.45, 7) is 0. The topological polar surface area (TPSA) is 77.6 Å². The second-order valence-electron chi connectivity index (χ2n) is 5.62. The fourth-order valence-corrected chi connectivity index (χ4v) is 3.29. The van der Waals surface area contributed by atoms with Crippen LogP contribution in [0.5, 0.6) is 0 Å². The van der Waals surface area contributed by atoms with Gasteiger partial charge in [0, 0.05) is 36.0 Å². The maximum Gasteiger partial charge on any atom is 0.234 e. The average Bonchev–Trinajstić information content (AvgIpc) is 3.37. The van der Waals surface area contributed by atoms with E-state index in [0.717, 1.165) is 11.3 Å². The lowest BCUT2D eigenvalue weighted by atomic mass is 10.2. The number of para-hydroxylation sites is 1. The molecule has 4 rings (SSSR count). The zero-order valence-corrected chi connectivity index (χ0v) is 15.1. The summed E-state index contributed by atoms with van der Waals surface area (Å²) in [5, 5.41) is 12.1. The van der Waals surface area contributed by atoms with Crippen LogP contribution in [0.4, 0.5) is 5.69 Å². The molecule has 0 saturated carbocycles. The van der Waals surface area contributed by atoms with E-state index >= 15 is 0 Å². The van der Waals surface area contributed by atoms with Gasteiger partial charge in [0.1, 0.15) is 0 Å². The molecular weight excluding hydrogens is 360 g/mol. The number of amides is 1. The fraction of sp³-hybridized carbons (Fsp3) is 0.0526. The number of benzene rings is 1. The number of anilines is 1. The monoisotopic (exact) mass is 376 g/mol. The first-order valence-corrected chi connectivity index (χ1v) is 9.27. The van der Waals surface area contributed by atoms with Crippen molar-refractivity contribution in [3.8, 4) is 11.4 Å². The van der Waals surface area contributed by atoms with Crippen molar-refractivity contribution in [1.29, 1.82) is 0 Å². The molecule has 27 heavy (non-hydrogen) atoms. The van der Waals surface area contributed by atoms with Gasteiger partial charge in [0.15, 0.2) is 5.82 Å². The Hall–Kier alpha value is -3.39. The van der Waals surface area contributed by atoms with Gasteiger partial charge < -0.3 is 5.32 Å². The Morgan fingerprint density at radius 3 is 2.44 bits per heavy atom. The summed E-state index contributed by atoms with van der Waals surface area (Å²) in [6, 6.07) is 17.0. The number of pyridine rings is 1. The number of carbonyl (C=O) groups is 1. The molecule has 4 aromatic rings. The molecule has 3 aromatic heterocycles. The van der Waals surface area contributed by atoms with E-state index in [1.165, 1.54) is 11.8 Å². The minimum absolute atomic E-state index is 0.0984. The molecule has 0 saturated heterocycles. The number of carbonyl (C=O) groups excluding carboxylic acids is 1. The standard InChI is InChI=1S/C19H16N6OS/c26-17(21-16-6-2-1-3-7-16)14-27-19-23-22-18(15-8-10-20-11-9-15)25(19)24-12-4-5-13-24/h1-13H,14H2,(H,21,26). The summed E-state index contributed by atoms with van der Waals surface area (Å²) in [5.41, 5.74) is 1.67.